The Labute approximate surface area is 167 Å². The number of piperazine rings is 1. The summed E-state index contributed by atoms with van der Waals surface area (Å²) in [7, 11) is 0. The molecule has 2 aromatic rings. The second kappa shape index (κ2) is 9.01. The van der Waals surface area contributed by atoms with Gasteiger partial charge in [0.2, 0.25) is 11.7 Å². The first-order chi connectivity index (χ1) is 13.7. The van der Waals surface area contributed by atoms with E-state index < -0.39 is 0 Å². The van der Waals surface area contributed by atoms with Crippen molar-refractivity contribution in [1.82, 2.24) is 24.9 Å². The predicted octanol–water partition coefficient (Wildman–Crippen LogP) is 2.90. The Kier molecular flexibility index (Phi) is 6.22. The maximum atomic E-state index is 5.50. The number of pyridine rings is 1. The van der Waals surface area contributed by atoms with Crippen LogP contribution in [0.5, 0.6) is 0 Å². The fourth-order valence-electron chi connectivity index (χ4n) is 4.22. The summed E-state index contributed by atoms with van der Waals surface area (Å²) >= 11 is 0. The first-order valence-electron chi connectivity index (χ1n) is 10.7. The molecule has 7 nitrogen and oxygen atoms in total. The van der Waals surface area contributed by atoms with Crippen molar-refractivity contribution in [2.24, 2.45) is 5.92 Å². The third-order valence-corrected chi connectivity index (χ3v) is 5.82. The quantitative estimate of drug-likeness (QED) is 0.759. The predicted molar refractivity (Wildman–Crippen MR) is 110 cm³/mol. The Morgan fingerprint density at radius 3 is 2.64 bits per heavy atom. The number of anilines is 1. The highest BCUT2D eigenvalue weighted by Crippen LogP contribution is 2.23. The van der Waals surface area contributed by atoms with Gasteiger partial charge in [-0.15, -0.1) is 0 Å². The average Bonchev–Trinajstić information content (AvgIpc) is 3.18. The number of hydrogen-bond acceptors (Lipinski definition) is 7. The van der Waals surface area contributed by atoms with Gasteiger partial charge in [0, 0.05) is 51.0 Å². The summed E-state index contributed by atoms with van der Waals surface area (Å²) in [5.74, 6) is 3.10. The van der Waals surface area contributed by atoms with Gasteiger partial charge in [0.05, 0.1) is 6.54 Å². The largest absolute Gasteiger partial charge is 0.356 e. The summed E-state index contributed by atoms with van der Waals surface area (Å²) < 4.78 is 5.50. The minimum Gasteiger partial charge on any atom is -0.356 e. The Morgan fingerprint density at radius 1 is 1.11 bits per heavy atom. The summed E-state index contributed by atoms with van der Waals surface area (Å²) in [6.45, 7) is 13.0. The second-order valence-corrected chi connectivity index (χ2v) is 8.23. The number of hydrogen-bond donors (Lipinski definition) is 0. The molecule has 2 saturated heterocycles. The number of piperidine rings is 1. The first-order valence-corrected chi connectivity index (χ1v) is 10.7. The van der Waals surface area contributed by atoms with Crippen molar-refractivity contribution in [1.29, 1.82) is 0 Å². The van der Waals surface area contributed by atoms with Crippen LogP contribution in [0.2, 0.25) is 0 Å². The topological polar surface area (TPSA) is 61.5 Å². The number of aromatic nitrogens is 3. The van der Waals surface area contributed by atoms with Crippen LogP contribution in [-0.4, -0.2) is 70.7 Å². The lowest BCUT2D eigenvalue weighted by Gasteiger charge is -2.33. The van der Waals surface area contributed by atoms with Crippen LogP contribution in [0.3, 0.4) is 0 Å². The fraction of sp³-hybridized carbons (Fsp3) is 0.667. The van der Waals surface area contributed by atoms with Crippen LogP contribution in [0.25, 0.3) is 11.4 Å². The zero-order valence-electron chi connectivity index (χ0n) is 17.2. The fourth-order valence-corrected chi connectivity index (χ4v) is 4.22. The highest BCUT2D eigenvalue weighted by atomic mass is 16.5. The van der Waals surface area contributed by atoms with E-state index in [1.165, 1.54) is 25.8 Å². The molecule has 0 aromatic carbocycles. The third kappa shape index (κ3) is 4.70. The highest BCUT2D eigenvalue weighted by Gasteiger charge is 2.20. The summed E-state index contributed by atoms with van der Waals surface area (Å²) in [6.07, 6.45) is 5.64. The molecule has 28 heavy (non-hydrogen) atoms. The van der Waals surface area contributed by atoms with Gasteiger partial charge < -0.3 is 14.3 Å². The Hall–Kier alpha value is -1.99. The molecule has 1 unspecified atom stereocenters. The van der Waals surface area contributed by atoms with Crippen LogP contribution in [-0.2, 0) is 6.54 Å². The van der Waals surface area contributed by atoms with E-state index in [0.29, 0.717) is 11.7 Å². The van der Waals surface area contributed by atoms with Crippen LogP contribution < -0.4 is 4.90 Å². The van der Waals surface area contributed by atoms with Crippen LogP contribution in [0.1, 0.15) is 39.0 Å². The number of rotatable bonds is 6. The van der Waals surface area contributed by atoms with Crippen LogP contribution in [0, 0.1) is 5.92 Å². The molecular weight excluding hydrogens is 352 g/mol. The van der Waals surface area contributed by atoms with Crippen molar-refractivity contribution in [3.63, 3.8) is 0 Å². The zero-order chi connectivity index (χ0) is 19.3. The lowest BCUT2D eigenvalue weighted by molar-refractivity contribution is 0.117. The van der Waals surface area contributed by atoms with Gasteiger partial charge in [-0.2, -0.15) is 4.98 Å². The maximum absolute atomic E-state index is 5.50. The van der Waals surface area contributed by atoms with Gasteiger partial charge >= 0.3 is 0 Å². The molecule has 2 aromatic heterocycles. The standard InChI is InChI=1S/C21H32N6O/c1-3-8-25-10-12-26(13-11-25)16-20-23-21(24-28-20)18-6-7-19(22-14-18)27-9-4-5-17(2)15-27/h6-7,14,17H,3-5,8-13,15-16H2,1-2H3. The SMILES string of the molecule is CCCN1CCN(Cc2nc(-c3ccc(N4CCCC(C)C4)nc3)no2)CC1. The molecule has 0 saturated carbocycles. The molecule has 0 amide bonds. The van der Waals surface area contributed by atoms with Crippen molar-refractivity contribution >= 4 is 5.82 Å². The minimum atomic E-state index is 0.630. The summed E-state index contributed by atoms with van der Waals surface area (Å²) in [5.41, 5.74) is 0.913. The van der Waals surface area contributed by atoms with E-state index in [0.717, 1.165) is 63.1 Å². The molecule has 7 heteroatoms. The van der Waals surface area contributed by atoms with E-state index in [1.807, 2.05) is 6.20 Å². The molecular formula is C21H32N6O. The third-order valence-electron chi connectivity index (χ3n) is 5.82. The number of nitrogens with zero attached hydrogens (tertiary/aromatic N) is 6. The van der Waals surface area contributed by atoms with Gasteiger partial charge in [-0.05, 0) is 43.9 Å². The van der Waals surface area contributed by atoms with Crippen molar-refractivity contribution < 1.29 is 4.52 Å². The van der Waals surface area contributed by atoms with Gasteiger partial charge in [-0.3, -0.25) is 4.90 Å². The molecule has 2 fully saturated rings. The first kappa shape index (κ1) is 19.3. The molecule has 0 spiro atoms. The molecule has 1 atom stereocenters. The second-order valence-electron chi connectivity index (χ2n) is 8.23. The Balaban J connectivity index is 1.34. The molecule has 0 radical (unpaired) electrons. The molecule has 2 aliphatic rings. The van der Waals surface area contributed by atoms with Crippen molar-refractivity contribution in [3.05, 3.63) is 24.2 Å². The van der Waals surface area contributed by atoms with E-state index in [2.05, 4.69) is 55.8 Å². The normalized spacial score (nSPS) is 21.9. The van der Waals surface area contributed by atoms with Gasteiger partial charge in [0.1, 0.15) is 5.82 Å². The summed E-state index contributed by atoms with van der Waals surface area (Å²) in [4.78, 5) is 16.5. The molecule has 2 aliphatic heterocycles. The Bertz CT molecular complexity index is 738. The van der Waals surface area contributed by atoms with E-state index >= 15 is 0 Å². The highest BCUT2D eigenvalue weighted by molar-refractivity contribution is 5.55. The monoisotopic (exact) mass is 384 g/mol. The lowest BCUT2D eigenvalue weighted by atomic mass is 10.0. The van der Waals surface area contributed by atoms with E-state index in [-0.39, 0.29) is 0 Å². The van der Waals surface area contributed by atoms with Crippen LogP contribution >= 0.6 is 0 Å². The van der Waals surface area contributed by atoms with Crippen LogP contribution in [0.15, 0.2) is 22.9 Å². The lowest BCUT2D eigenvalue weighted by Crippen LogP contribution is -2.46. The summed E-state index contributed by atoms with van der Waals surface area (Å²) in [5, 5.41) is 4.17. The summed E-state index contributed by atoms with van der Waals surface area (Å²) in [6, 6.07) is 4.14. The van der Waals surface area contributed by atoms with Crippen molar-refractivity contribution in [3.8, 4) is 11.4 Å². The molecule has 0 bridgehead atoms. The van der Waals surface area contributed by atoms with Gasteiger partial charge in [-0.1, -0.05) is 19.0 Å². The average molecular weight is 385 g/mol. The van der Waals surface area contributed by atoms with Crippen LogP contribution in [0.4, 0.5) is 5.82 Å². The van der Waals surface area contributed by atoms with Gasteiger partial charge in [-0.25, -0.2) is 4.98 Å². The molecule has 4 rings (SSSR count). The minimum absolute atomic E-state index is 0.630. The molecule has 0 aliphatic carbocycles. The smallest absolute Gasteiger partial charge is 0.241 e. The van der Waals surface area contributed by atoms with E-state index in [1.54, 1.807) is 0 Å². The van der Waals surface area contributed by atoms with Crippen molar-refractivity contribution in [2.45, 2.75) is 39.7 Å². The Morgan fingerprint density at radius 2 is 1.93 bits per heavy atom. The molecule has 4 heterocycles. The van der Waals surface area contributed by atoms with Gasteiger partial charge in [0.15, 0.2) is 0 Å². The van der Waals surface area contributed by atoms with E-state index in [9.17, 15) is 0 Å². The maximum Gasteiger partial charge on any atom is 0.241 e. The molecule has 0 N–H and O–H groups in total. The van der Waals surface area contributed by atoms with Crippen molar-refractivity contribution in [2.75, 3.05) is 50.7 Å². The van der Waals surface area contributed by atoms with Gasteiger partial charge in [0.25, 0.3) is 0 Å². The molecule has 152 valence electrons. The zero-order valence-corrected chi connectivity index (χ0v) is 17.2. The van der Waals surface area contributed by atoms with E-state index in [4.69, 9.17) is 4.52 Å².